The molecule has 0 heterocycles. The van der Waals surface area contributed by atoms with E-state index in [9.17, 15) is 0 Å². The Hall–Kier alpha value is -2.29. The zero-order valence-corrected chi connectivity index (χ0v) is 11.6. The average Bonchev–Trinajstić information content (AvgIpc) is 2.50. The van der Waals surface area contributed by atoms with Crippen LogP contribution in [-0.4, -0.2) is 11.7 Å². The largest absolute Gasteiger partial charge is 0.392 e. The number of terminal acetylenes is 1. The van der Waals surface area contributed by atoms with Crippen LogP contribution < -0.4 is 0 Å². The Balaban J connectivity index is 0. The molecule has 1 aromatic carbocycles. The van der Waals surface area contributed by atoms with E-state index < -0.39 is 0 Å². The maximum atomic E-state index is 8.45. The molecule has 0 fully saturated rings. The Labute approximate surface area is 116 Å². The molecule has 0 aliphatic heterocycles. The molecule has 2 nitrogen and oxygen atoms in total. The number of rotatable bonds is 3. The molecule has 0 radical (unpaired) electrons. The molecule has 2 heteroatoms. The van der Waals surface area contributed by atoms with Crippen molar-refractivity contribution in [3.8, 4) is 18.9 Å². The second-order valence-corrected chi connectivity index (χ2v) is 3.30. The van der Waals surface area contributed by atoms with Crippen LogP contribution in [0.3, 0.4) is 0 Å². The first kappa shape index (κ1) is 19.1. The van der Waals surface area contributed by atoms with Crippen molar-refractivity contribution in [3.05, 3.63) is 59.7 Å². The van der Waals surface area contributed by atoms with Crippen molar-refractivity contribution in [2.24, 2.45) is 0 Å². The van der Waals surface area contributed by atoms with Crippen LogP contribution in [0.4, 0.5) is 0 Å². The van der Waals surface area contributed by atoms with Crippen LogP contribution in [0.2, 0.25) is 0 Å². The van der Waals surface area contributed by atoms with Gasteiger partial charge in [0.25, 0.3) is 0 Å². The average molecular weight is 255 g/mol. The molecule has 0 spiro atoms. The zero-order chi connectivity index (χ0) is 14.9. The molecule has 0 saturated carbocycles. The van der Waals surface area contributed by atoms with Gasteiger partial charge in [-0.15, -0.1) is 12.8 Å². The van der Waals surface area contributed by atoms with Crippen LogP contribution in [0.15, 0.2) is 48.6 Å². The first-order valence-electron chi connectivity index (χ1n) is 5.99. The highest BCUT2D eigenvalue weighted by Gasteiger charge is 1.88. The van der Waals surface area contributed by atoms with Crippen LogP contribution >= 0.6 is 0 Å². The summed E-state index contributed by atoms with van der Waals surface area (Å²) in [6.07, 6.45) is 16.3. The van der Waals surface area contributed by atoms with Crippen molar-refractivity contribution in [2.45, 2.75) is 20.3 Å². The van der Waals surface area contributed by atoms with E-state index in [1.807, 2.05) is 43.3 Å². The third-order valence-corrected chi connectivity index (χ3v) is 2.04. The predicted octanol–water partition coefficient (Wildman–Crippen LogP) is 3.48. The third kappa shape index (κ3) is 12.0. The quantitative estimate of drug-likeness (QED) is 0.664. The number of nitrogens with zero attached hydrogens (tertiary/aromatic N) is 1. The third-order valence-electron chi connectivity index (χ3n) is 2.04. The highest BCUT2D eigenvalue weighted by Crippen LogP contribution is 2.02. The SMILES string of the molecule is C#C.C/C=C\C=C/CO.CCc1ccc(C#N)cc1. The van der Waals surface area contributed by atoms with E-state index in [1.165, 1.54) is 5.56 Å². The van der Waals surface area contributed by atoms with Gasteiger partial charge in [0.2, 0.25) is 0 Å². The van der Waals surface area contributed by atoms with E-state index in [0.717, 1.165) is 12.0 Å². The molecule has 0 bridgehead atoms. The van der Waals surface area contributed by atoms with Gasteiger partial charge in [-0.05, 0) is 31.0 Å². The van der Waals surface area contributed by atoms with E-state index in [0.29, 0.717) is 0 Å². The minimum Gasteiger partial charge on any atom is -0.392 e. The maximum absolute atomic E-state index is 8.45. The Kier molecular flexibility index (Phi) is 15.8. The van der Waals surface area contributed by atoms with Crippen LogP contribution in [0.1, 0.15) is 25.0 Å². The van der Waals surface area contributed by atoms with E-state index in [2.05, 4.69) is 25.8 Å². The topological polar surface area (TPSA) is 44.0 Å². The molecular weight excluding hydrogens is 234 g/mol. The fraction of sp³-hybridized carbons (Fsp3) is 0.235. The monoisotopic (exact) mass is 255 g/mol. The fourth-order valence-corrected chi connectivity index (χ4v) is 1.07. The standard InChI is InChI=1S/C9H9N.C6H10O.C2H2/c1-2-8-3-5-9(7-10)6-4-8;1-2-3-4-5-6-7;1-2/h3-6H,2H2,1H3;2-5,7H,6H2,1H3;1-2H/b;3-2-,5-4-;. The number of benzene rings is 1. The zero-order valence-electron chi connectivity index (χ0n) is 11.6. The second-order valence-electron chi connectivity index (χ2n) is 3.30. The summed E-state index contributed by atoms with van der Waals surface area (Å²) < 4.78 is 0. The molecule has 0 aliphatic rings. The van der Waals surface area contributed by atoms with Crippen molar-refractivity contribution < 1.29 is 5.11 Å². The number of hydrogen-bond acceptors (Lipinski definition) is 2. The number of aliphatic hydroxyl groups is 1. The van der Waals surface area contributed by atoms with Crippen molar-refractivity contribution in [2.75, 3.05) is 6.61 Å². The van der Waals surface area contributed by atoms with Crippen molar-refractivity contribution in [1.29, 1.82) is 5.26 Å². The normalized spacial score (nSPS) is 9.05. The van der Waals surface area contributed by atoms with Gasteiger partial charge < -0.3 is 5.11 Å². The number of allylic oxidation sites excluding steroid dienone is 3. The van der Waals surface area contributed by atoms with Gasteiger partial charge >= 0.3 is 0 Å². The summed E-state index contributed by atoms with van der Waals surface area (Å²) in [7, 11) is 0. The van der Waals surface area contributed by atoms with Crippen molar-refractivity contribution >= 4 is 0 Å². The van der Waals surface area contributed by atoms with E-state index in [4.69, 9.17) is 10.4 Å². The molecule has 0 atom stereocenters. The summed E-state index contributed by atoms with van der Waals surface area (Å²) >= 11 is 0. The molecule has 0 aliphatic carbocycles. The first-order chi connectivity index (χ1) is 9.28. The number of aliphatic hydroxyl groups excluding tert-OH is 1. The first-order valence-corrected chi connectivity index (χ1v) is 5.99. The molecule has 0 aromatic heterocycles. The molecule has 1 N–H and O–H groups in total. The molecule has 0 amide bonds. The lowest BCUT2D eigenvalue weighted by Crippen LogP contribution is -1.78. The number of aryl methyl sites for hydroxylation is 1. The lowest BCUT2D eigenvalue weighted by atomic mass is 10.1. The Bertz CT molecular complexity index is 419. The predicted molar refractivity (Wildman–Crippen MR) is 81.5 cm³/mol. The molecule has 1 rings (SSSR count). The molecule has 19 heavy (non-hydrogen) atoms. The summed E-state index contributed by atoms with van der Waals surface area (Å²) in [6, 6.07) is 9.74. The summed E-state index contributed by atoms with van der Waals surface area (Å²) in [6.45, 7) is 4.16. The van der Waals surface area contributed by atoms with Gasteiger partial charge in [0.15, 0.2) is 0 Å². The molecule has 100 valence electrons. The molecule has 1 aromatic rings. The van der Waals surface area contributed by atoms with Gasteiger partial charge in [-0.1, -0.05) is 43.4 Å². The van der Waals surface area contributed by atoms with E-state index in [-0.39, 0.29) is 6.61 Å². The summed E-state index contributed by atoms with van der Waals surface area (Å²) in [5, 5.41) is 16.6. The van der Waals surface area contributed by atoms with Crippen molar-refractivity contribution in [1.82, 2.24) is 0 Å². The Morgan fingerprint density at radius 1 is 1.21 bits per heavy atom. The summed E-state index contributed by atoms with van der Waals surface area (Å²) in [5.74, 6) is 0. The summed E-state index contributed by atoms with van der Waals surface area (Å²) in [4.78, 5) is 0. The summed E-state index contributed by atoms with van der Waals surface area (Å²) in [5.41, 5.74) is 2.01. The second kappa shape index (κ2) is 15.7. The van der Waals surface area contributed by atoms with E-state index >= 15 is 0 Å². The van der Waals surface area contributed by atoms with Crippen LogP contribution in [0.5, 0.6) is 0 Å². The van der Waals surface area contributed by atoms with Gasteiger partial charge in [-0.3, -0.25) is 0 Å². The Morgan fingerprint density at radius 3 is 2.16 bits per heavy atom. The van der Waals surface area contributed by atoms with Crippen LogP contribution in [-0.2, 0) is 6.42 Å². The van der Waals surface area contributed by atoms with E-state index in [1.54, 1.807) is 12.2 Å². The molecule has 0 saturated heterocycles. The minimum atomic E-state index is 0.129. The van der Waals surface area contributed by atoms with Gasteiger partial charge in [0, 0.05) is 0 Å². The lowest BCUT2D eigenvalue weighted by Gasteiger charge is -1.92. The van der Waals surface area contributed by atoms with Crippen molar-refractivity contribution in [3.63, 3.8) is 0 Å². The highest BCUT2D eigenvalue weighted by molar-refractivity contribution is 5.31. The maximum Gasteiger partial charge on any atom is 0.0991 e. The smallest absolute Gasteiger partial charge is 0.0991 e. The number of hydrogen-bond donors (Lipinski definition) is 1. The highest BCUT2D eigenvalue weighted by atomic mass is 16.2. The fourth-order valence-electron chi connectivity index (χ4n) is 1.07. The van der Waals surface area contributed by atoms with Gasteiger partial charge in [-0.2, -0.15) is 5.26 Å². The lowest BCUT2D eigenvalue weighted by molar-refractivity contribution is 0.343. The Morgan fingerprint density at radius 2 is 1.79 bits per heavy atom. The molecular formula is C17H21NO. The minimum absolute atomic E-state index is 0.129. The van der Waals surface area contributed by atoms with Crippen LogP contribution in [0.25, 0.3) is 0 Å². The molecule has 0 unspecified atom stereocenters. The number of nitriles is 1. The van der Waals surface area contributed by atoms with Gasteiger partial charge in [-0.25, -0.2) is 0 Å². The van der Waals surface area contributed by atoms with Crippen LogP contribution in [0, 0.1) is 24.2 Å². The van der Waals surface area contributed by atoms with Gasteiger partial charge in [0.05, 0.1) is 18.2 Å². The van der Waals surface area contributed by atoms with Gasteiger partial charge in [0.1, 0.15) is 0 Å².